The Morgan fingerprint density at radius 1 is 1.26 bits per heavy atom. The molecule has 2 heteroatoms. The van der Waals surface area contributed by atoms with E-state index in [0.717, 1.165) is 19.6 Å². The third-order valence-electron chi connectivity index (χ3n) is 4.77. The van der Waals surface area contributed by atoms with E-state index in [-0.39, 0.29) is 5.41 Å². The van der Waals surface area contributed by atoms with E-state index in [9.17, 15) is 0 Å². The number of nitrogens with one attached hydrogen (secondary N) is 2. The number of aryl methyl sites for hydroxylation is 2. The molecular weight excluding hydrogens is 232 g/mol. The fourth-order valence-electron chi connectivity index (χ4n) is 3.32. The van der Waals surface area contributed by atoms with Crippen LogP contribution in [0.25, 0.3) is 0 Å². The van der Waals surface area contributed by atoms with Crippen molar-refractivity contribution in [2.75, 3.05) is 19.6 Å². The third kappa shape index (κ3) is 2.85. The van der Waals surface area contributed by atoms with Crippen LogP contribution in [0.5, 0.6) is 0 Å². The summed E-state index contributed by atoms with van der Waals surface area (Å²) in [6.07, 6.45) is 5.16. The topological polar surface area (TPSA) is 24.1 Å². The molecule has 1 saturated heterocycles. The molecule has 1 heterocycles. The van der Waals surface area contributed by atoms with E-state index < -0.39 is 0 Å². The van der Waals surface area contributed by atoms with E-state index in [1.807, 2.05) is 0 Å². The molecule has 0 saturated carbocycles. The second-order valence-electron chi connectivity index (χ2n) is 6.79. The highest BCUT2D eigenvalue weighted by Crippen LogP contribution is 2.29. The van der Waals surface area contributed by atoms with Gasteiger partial charge in [-0.25, -0.2) is 0 Å². The maximum Gasteiger partial charge on any atom is 0.0204 e. The molecule has 1 atom stereocenters. The molecule has 0 spiro atoms. The summed E-state index contributed by atoms with van der Waals surface area (Å²) in [5.74, 6) is 0. The van der Waals surface area contributed by atoms with Crippen LogP contribution in [0, 0.1) is 0 Å². The number of hydrogen-bond acceptors (Lipinski definition) is 2. The second kappa shape index (κ2) is 5.26. The van der Waals surface area contributed by atoms with Crippen LogP contribution >= 0.6 is 0 Å². The van der Waals surface area contributed by atoms with Gasteiger partial charge in [0.1, 0.15) is 0 Å². The third-order valence-corrected chi connectivity index (χ3v) is 4.77. The summed E-state index contributed by atoms with van der Waals surface area (Å²) in [6, 6.07) is 7.82. The van der Waals surface area contributed by atoms with Gasteiger partial charge in [0.15, 0.2) is 0 Å². The minimum atomic E-state index is 0.222. The molecule has 1 unspecified atom stereocenters. The molecule has 2 N–H and O–H groups in total. The first kappa shape index (κ1) is 13.1. The van der Waals surface area contributed by atoms with Gasteiger partial charge in [0.05, 0.1) is 0 Å². The first-order chi connectivity index (χ1) is 9.15. The van der Waals surface area contributed by atoms with Gasteiger partial charge in [-0.1, -0.05) is 32.0 Å². The predicted molar refractivity (Wildman–Crippen MR) is 80.8 cm³/mol. The van der Waals surface area contributed by atoms with Crippen molar-refractivity contribution in [3.8, 4) is 0 Å². The van der Waals surface area contributed by atoms with E-state index in [0.29, 0.717) is 6.04 Å². The van der Waals surface area contributed by atoms with Gasteiger partial charge in [-0.2, -0.15) is 0 Å². The lowest BCUT2D eigenvalue weighted by Gasteiger charge is -2.28. The largest absolute Gasteiger partial charge is 0.315 e. The lowest BCUT2D eigenvalue weighted by atomic mass is 9.83. The molecular formula is C17H26N2. The molecule has 1 aliphatic carbocycles. The molecule has 0 amide bonds. The molecule has 0 radical (unpaired) electrons. The Hall–Kier alpha value is -0.860. The zero-order chi connectivity index (χ0) is 13.3. The van der Waals surface area contributed by atoms with E-state index in [1.165, 1.54) is 31.2 Å². The number of hydrogen-bond donors (Lipinski definition) is 2. The highest BCUT2D eigenvalue weighted by molar-refractivity contribution is 5.38. The normalized spacial score (nSPS) is 22.7. The van der Waals surface area contributed by atoms with Crippen molar-refractivity contribution in [1.82, 2.24) is 10.6 Å². The van der Waals surface area contributed by atoms with Gasteiger partial charge in [0.25, 0.3) is 0 Å². The van der Waals surface area contributed by atoms with Gasteiger partial charge < -0.3 is 10.6 Å². The molecule has 2 aliphatic rings. The van der Waals surface area contributed by atoms with Crippen LogP contribution < -0.4 is 10.6 Å². The highest BCUT2D eigenvalue weighted by Gasteiger charge is 2.24. The molecule has 0 aromatic heterocycles. The van der Waals surface area contributed by atoms with Crippen LogP contribution in [0.4, 0.5) is 0 Å². The van der Waals surface area contributed by atoms with Gasteiger partial charge in [0, 0.05) is 24.5 Å². The fraction of sp³-hybridized carbons (Fsp3) is 0.647. The molecule has 1 aromatic carbocycles. The molecule has 1 aliphatic heterocycles. The Morgan fingerprint density at radius 2 is 2.11 bits per heavy atom. The minimum Gasteiger partial charge on any atom is -0.315 e. The molecule has 104 valence electrons. The molecule has 1 aromatic rings. The van der Waals surface area contributed by atoms with Crippen molar-refractivity contribution in [3.63, 3.8) is 0 Å². The number of rotatable bonds is 4. The van der Waals surface area contributed by atoms with Crippen LogP contribution in [0.2, 0.25) is 0 Å². The minimum absolute atomic E-state index is 0.222. The maximum atomic E-state index is 3.73. The van der Waals surface area contributed by atoms with Crippen LogP contribution in [-0.2, 0) is 18.3 Å². The standard InChI is InChI=1S/C17H26N2/c1-17(2,12-19-16-8-9-18-11-16)15-7-6-13-4-3-5-14(13)10-15/h6-7,10,16,18-19H,3-5,8-9,11-12H2,1-2H3. The summed E-state index contributed by atoms with van der Waals surface area (Å²) in [5.41, 5.74) is 4.88. The SMILES string of the molecule is CC(C)(CNC1CCNC1)c1ccc2c(c1)CCC2. The van der Waals surface area contributed by atoms with Crippen LogP contribution in [-0.4, -0.2) is 25.7 Å². The second-order valence-corrected chi connectivity index (χ2v) is 6.79. The van der Waals surface area contributed by atoms with Gasteiger partial charge in [0.2, 0.25) is 0 Å². The van der Waals surface area contributed by atoms with Gasteiger partial charge >= 0.3 is 0 Å². The van der Waals surface area contributed by atoms with Crippen molar-refractivity contribution in [3.05, 3.63) is 34.9 Å². The summed E-state index contributed by atoms with van der Waals surface area (Å²) in [5, 5.41) is 7.15. The Balaban J connectivity index is 1.68. The Kier molecular flexibility index (Phi) is 3.64. The van der Waals surface area contributed by atoms with E-state index in [1.54, 1.807) is 11.1 Å². The quantitative estimate of drug-likeness (QED) is 0.866. The Labute approximate surface area is 117 Å². The van der Waals surface area contributed by atoms with Gasteiger partial charge in [-0.3, -0.25) is 0 Å². The average Bonchev–Trinajstić information content (AvgIpc) is 3.06. The summed E-state index contributed by atoms with van der Waals surface area (Å²) < 4.78 is 0. The van der Waals surface area contributed by atoms with Gasteiger partial charge in [-0.05, 0) is 48.9 Å². The zero-order valence-corrected chi connectivity index (χ0v) is 12.3. The van der Waals surface area contributed by atoms with Crippen LogP contribution in [0.15, 0.2) is 18.2 Å². The van der Waals surface area contributed by atoms with Crippen molar-refractivity contribution in [1.29, 1.82) is 0 Å². The van der Waals surface area contributed by atoms with Crippen molar-refractivity contribution >= 4 is 0 Å². The van der Waals surface area contributed by atoms with E-state index in [2.05, 4.69) is 42.7 Å². The van der Waals surface area contributed by atoms with Crippen molar-refractivity contribution in [2.45, 2.75) is 51.0 Å². The first-order valence-corrected chi connectivity index (χ1v) is 7.71. The van der Waals surface area contributed by atoms with E-state index in [4.69, 9.17) is 0 Å². The Morgan fingerprint density at radius 3 is 2.89 bits per heavy atom. The summed E-state index contributed by atoms with van der Waals surface area (Å²) in [7, 11) is 0. The summed E-state index contributed by atoms with van der Waals surface area (Å²) in [6.45, 7) is 8.08. The molecule has 3 rings (SSSR count). The van der Waals surface area contributed by atoms with E-state index >= 15 is 0 Å². The summed E-state index contributed by atoms with van der Waals surface area (Å²) in [4.78, 5) is 0. The van der Waals surface area contributed by atoms with Crippen molar-refractivity contribution < 1.29 is 0 Å². The lowest BCUT2D eigenvalue weighted by Crippen LogP contribution is -2.40. The van der Waals surface area contributed by atoms with Crippen LogP contribution in [0.3, 0.4) is 0 Å². The van der Waals surface area contributed by atoms with Gasteiger partial charge in [-0.15, -0.1) is 0 Å². The average molecular weight is 258 g/mol. The zero-order valence-electron chi connectivity index (χ0n) is 12.3. The smallest absolute Gasteiger partial charge is 0.0204 e. The molecule has 2 nitrogen and oxygen atoms in total. The monoisotopic (exact) mass is 258 g/mol. The molecule has 0 bridgehead atoms. The summed E-state index contributed by atoms with van der Waals surface area (Å²) >= 11 is 0. The molecule has 19 heavy (non-hydrogen) atoms. The fourth-order valence-corrected chi connectivity index (χ4v) is 3.32. The number of benzene rings is 1. The highest BCUT2D eigenvalue weighted by atomic mass is 15.0. The van der Waals surface area contributed by atoms with Crippen LogP contribution in [0.1, 0.15) is 43.4 Å². The predicted octanol–water partition coefficient (Wildman–Crippen LogP) is 2.40. The number of fused-ring (bicyclic) bond motifs is 1. The lowest BCUT2D eigenvalue weighted by molar-refractivity contribution is 0.428. The first-order valence-electron chi connectivity index (χ1n) is 7.71. The van der Waals surface area contributed by atoms with Crippen molar-refractivity contribution in [2.24, 2.45) is 0 Å². The maximum absolute atomic E-state index is 3.73. The Bertz CT molecular complexity index is 445. The molecule has 1 fully saturated rings.